The van der Waals surface area contributed by atoms with E-state index in [2.05, 4.69) is 10.4 Å². The number of alkyl halides is 3. The minimum Gasteiger partial charge on any atom is -0.323 e. The molecular formula is C16H16F3N3OS. The van der Waals surface area contributed by atoms with Crippen LogP contribution in [-0.4, -0.2) is 21.9 Å². The molecule has 1 heterocycles. The quantitative estimate of drug-likeness (QED) is 0.820. The molecule has 0 spiro atoms. The van der Waals surface area contributed by atoms with Crippen LogP contribution in [-0.2, 0) is 17.5 Å². The number of anilines is 1. The summed E-state index contributed by atoms with van der Waals surface area (Å²) in [7, 11) is 0. The Morgan fingerprint density at radius 1 is 1.38 bits per heavy atom. The summed E-state index contributed by atoms with van der Waals surface area (Å²) in [4.78, 5) is 13.1. The van der Waals surface area contributed by atoms with Crippen molar-refractivity contribution in [2.75, 3.05) is 11.6 Å². The summed E-state index contributed by atoms with van der Waals surface area (Å²) >= 11 is 1.48. The van der Waals surface area contributed by atoms with Crippen molar-refractivity contribution in [1.29, 1.82) is 0 Å². The average molecular weight is 355 g/mol. The second kappa shape index (κ2) is 6.51. The van der Waals surface area contributed by atoms with Gasteiger partial charge in [-0.3, -0.25) is 9.48 Å². The fourth-order valence-electron chi connectivity index (χ4n) is 2.48. The second-order valence-electron chi connectivity index (χ2n) is 5.63. The van der Waals surface area contributed by atoms with Crippen molar-refractivity contribution in [2.24, 2.45) is 0 Å². The largest absolute Gasteiger partial charge is 0.435 e. The van der Waals surface area contributed by atoms with Gasteiger partial charge in [-0.25, -0.2) is 0 Å². The Bertz CT molecular complexity index is 753. The minimum atomic E-state index is -4.50. The Balaban J connectivity index is 1.78. The number of nitrogens with one attached hydrogen (secondary N) is 1. The van der Waals surface area contributed by atoms with Crippen molar-refractivity contribution in [3.63, 3.8) is 0 Å². The lowest BCUT2D eigenvalue weighted by atomic mass is 10.2. The van der Waals surface area contributed by atoms with Gasteiger partial charge >= 0.3 is 6.18 Å². The number of hydrogen-bond donors (Lipinski definition) is 1. The van der Waals surface area contributed by atoms with Crippen LogP contribution in [0.1, 0.15) is 30.1 Å². The number of para-hydroxylation sites is 1. The third-order valence-electron chi connectivity index (χ3n) is 3.77. The van der Waals surface area contributed by atoms with Crippen molar-refractivity contribution in [2.45, 2.75) is 36.4 Å². The molecule has 0 atom stereocenters. The molecule has 1 aliphatic carbocycles. The number of aromatic nitrogens is 2. The Labute approximate surface area is 141 Å². The maximum Gasteiger partial charge on any atom is 0.435 e. The van der Waals surface area contributed by atoms with E-state index < -0.39 is 17.8 Å². The predicted octanol–water partition coefficient (Wildman–Crippen LogP) is 4.14. The van der Waals surface area contributed by atoms with Crippen molar-refractivity contribution >= 4 is 23.4 Å². The minimum absolute atomic E-state index is 0.0693. The van der Waals surface area contributed by atoms with E-state index in [1.54, 1.807) is 12.1 Å². The highest BCUT2D eigenvalue weighted by Gasteiger charge is 2.38. The number of hydrogen-bond acceptors (Lipinski definition) is 3. The van der Waals surface area contributed by atoms with Crippen LogP contribution >= 0.6 is 11.8 Å². The smallest absolute Gasteiger partial charge is 0.323 e. The molecule has 1 aromatic carbocycles. The molecule has 128 valence electrons. The summed E-state index contributed by atoms with van der Waals surface area (Å²) in [5.41, 5.74) is 0.184. The summed E-state index contributed by atoms with van der Waals surface area (Å²) in [6.45, 7) is -0.232. The normalized spacial score (nSPS) is 14.7. The molecule has 0 bridgehead atoms. The lowest BCUT2D eigenvalue weighted by Crippen LogP contribution is -2.21. The van der Waals surface area contributed by atoms with Crippen molar-refractivity contribution < 1.29 is 18.0 Å². The SMILES string of the molecule is CSc1ccccc1NC(=O)Cn1nc(C(F)(F)F)cc1C1CC1. The standard InChI is InChI=1S/C16H16F3N3OS/c1-24-13-5-3-2-4-11(13)20-15(23)9-22-12(10-6-7-10)8-14(21-22)16(17,18)19/h2-5,8,10H,6-7,9H2,1H3,(H,20,23). The lowest BCUT2D eigenvalue weighted by molar-refractivity contribution is -0.141. The molecule has 1 fully saturated rings. The Hall–Kier alpha value is -1.96. The molecule has 0 unspecified atom stereocenters. The van der Waals surface area contributed by atoms with E-state index in [1.807, 2.05) is 18.4 Å². The molecule has 4 nitrogen and oxygen atoms in total. The van der Waals surface area contributed by atoms with Gasteiger partial charge in [0.1, 0.15) is 6.54 Å². The van der Waals surface area contributed by atoms with Crippen LogP contribution in [0.25, 0.3) is 0 Å². The molecule has 0 radical (unpaired) electrons. The summed E-state index contributed by atoms with van der Waals surface area (Å²) in [5, 5.41) is 6.34. The topological polar surface area (TPSA) is 46.9 Å². The first-order chi connectivity index (χ1) is 11.4. The van der Waals surface area contributed by atoms with Crippen LogP contribution in [0.4, 0.5) is 18.9 Å². The Morgan fingerprint density at radius 3 is 2.71 bits per heavy atom. The molecule has 24 heavy (non-hydrogen) atoms. The number of benzene rings is 1. The zero-order chi connectivity index (χ0) is 17.3. The first-order valence-electron chi connectivity index (χ1n) is 7.46. The number of nitrogens with zero attached hydrogens (tertiary/aromatic N) is 2. The van der Waals surface area contributed by atoms with Gasteiger partial charge in [0.15, 0.2) is 5.69 Å². The molecule has 8 heteroatoms. The number of carbonyl (C=O) groups is 1. The van der Waals surface area contributed by atoms with Crippen LogP contribution in [0.5, 0.6) is 0 Å². The van der Waals surface area contributed by atoms with E-state index in [1.165, 1.54) is 16.4 Å². The molecule has 1 amide bonds. The number of halogens is 3. The average Bonchev–Trinajstić information content (AvgIpc) is 3.27. The molecule has 0 aliphatic heterocycles. The van der Waals surface area contributed by atoms with Gasteiger partial charge in [-0.15, -0.1) is 11.8 Å². The number of amides is 1. The van der Waals surface area contributed by atoms with E-state index in [4.69, 9.17) is 0 Å². The summed E-state index contributed by atoms with van der Waals surface area (Å²) < 4.78 is 39.8. The van der Waals surface area contributed by atoms with Crippen molar-refractivity contribution in [3.8, 4) is 0 Å². The zero-order valence-corrected chi connectivity index (χ0v) is 13.7. The maximum absolute atomic E-state index is 12.9. The Kier molecular flexibility index (Phi) is 4.58. The van der Waals surface area contributed by atoms with E-state index >= 15 is 0 Å². The second-order valence-corrected chi connectivity index (χ2v) is 6.48. The fraction of sp³-hybridized carbons (Fsp3) is 0.375. The molecule has 1 aliphatic rings. The van der Waals surface area contributed by atoms with Crippen LogP contribution in [0, 0.1) is 0 Å². The van der Waals surface area contributed by atoms with Gasteiger partial charge in [-0.05, 0) is 37.3 Å². The first kappa shape index (κ1) is 16.9. The van der Waals surface area contributed by atoms with Crippen molar-refractivity contribution in [3.05, 3.63) is 41.7 Å². The van der Waals surface area contributed by atoms with Gasteiger partial charge in [0, 0.05) is 16.5 Å². The molecule has 1 aromatic heterocycles. The first-order valence-corrected chi connectivity index (χ1v) is 8.69. The number of rotatable bonds is 5. The van der Waals surface area contributed by atoms with E-state index in [-0.39, 0.29) is 12.5 Å². The predicted molar refractivity (Wildman–Crippen MR) is 86.1 cm³/mol. The number of thioether (sulfide) groups is 1. The van der Waals surface area contributed by atoms with Gasteiger partial charge in [0.2, 0.25) is 5.91 Å². The third kappa shape index (κ3) is 3.75. The van der Waals surface area contributed by atoms with Crippen LogP contribution in [0.2, 0.25) is 0 Å². The van der Waals surface area contributed by atoms with E-state index in [9.17, 15) is 18.0 Å². The summed E-state index contributed by atoms with van der Waals surface area (Å²) in [6, 6.07) is 8.33. The van der Waals surface area contributed by atoms with Gasteiger partial charge in [0.05, 0.1) is 5.69 Å². The molecule has 0 saturated heterocycles. The summed E-state index contributed by atoms with van der Waals surface area (Å²) in [5.74, 6) is -0.324. The van der Waals surface area contributed by atoms with Gasteiger partial charge in [-0.2, -0.15) is 18.3 Å². The monoisotopic (exact) mass is 355 g/mol. The molecule has 2 aromatic rings. The highest BCUT2D eigenvalue weighted by molar-refractivity contribution is 7.98. The molecular weight excluding hydrogens is 339 g/mol. The maximum atomic E-state index is 12.9. The molecule has 1 saturated carbocycles. The zero-order valence-electron chi connectivity index (χ0n) is 12.9. The third-order valence-corrected chi connectivity index (χ3v) is 4.57. The Morgan fingerprint density at radius 2 is 2.08 bits per heavy atom. The number of carbonyl (C=O) groups excluding carboxylic acids is 1. The van der Waals surface area contributed by atoms with Gasteiger partial charge < -0.3 is 5.32 Å². The highest BCUT2D eigenvalue weighted by Crippen LogP contribution is 2.42. The molecule has 1 N–H and O–H groups in total. The highest BCUT2D eigenvalue weighted by atomic mass is 32.2. The van der Waals surface area contributed by atoms with Gasteiger partial charge in [0.25, 0.3) is 0 Å². The van der Waals surface area contributed by atoms with Crippen LogP contribution in [0.15, 0.2) is 35.2 Å². The summed E-state index contributed by atoms with van der Waals surface area (Å²) in [6.07, 6.45) is -0.948. The van der Waals surface area contributed by atoms with E-state index in [0.29, 0.717) is 11.4 Å². The van der Waals surface area contributed by atoms with E-state index in [0.717, 1.165) is 23.8 Å². The van der Waals surface area contributed by atoms with Crippen molar-refractivity contribution in [1.82, 2.24) is 9.78 Å². The van der Waals surface area contributed by atoms with Crippen LogP contribution < -0.4 is 5.32 Å². The van der Waals surface area contributed by atoms with Crippen LogP contribution in [0.3, 0.4) is 0 Å². The molecule has 3 rings (SSSR count). The lowest BCUT2D eigenvalue weighted by Gasteiger charge is -2.10. The fourth-order valence-corrected chi connectivity index (χ4v) is 3.03. The van der Waals surface area contributed by atoms with Gasteiger partial charge in [-0.1, -0.05) is 12.1 Å².